The highest BCUT2D eigenvalue weighted by atomic mass is 32.2. The molecule has 1 unspecified atom stereocenters. The monoisotopic (exact) mass is 510 g/mol. The SMILES string of the molecule is Cc1ccc(S(=O)(=O)N2CC(c3ccccc3)SC(=Nc3ccccc3)/C2=C/c2ccccc2)cc1. The van der Waals surface area contributed by atoms with Gasteiger partial charge in [0.05, 0.1) is 28.1 Å². The maximum Gasteiger partial charge on any atom is 0.264 e. The number of hydrogen-bond acceptors (Lipinski definition) is 4. The minimum absolute atomic E-state index is 0.109. The van der Waals surface area contributed by atoms with E-state index in [-0.39, 0.29) is 10.1 Å². The Kier molecular flexibility index (Phi) is 7.07. The largest absolute Gasteiger partial charge is 0.264 e. The Morgan fingerprint density at radius 3 is 2.03 bits per heavy atom. The third-order valence-corrected chi connectivity index (χ3v) is 8.97. The van der Waals surface area contributed by atoms with Gasteiger partial charge in [0.15, 0.2) is 0 Å². The van der Waals surface area contributed by atoms with Gasteiger partial charge in [-0.2, -0.15) is 0 Å². The second-order valence-corrected chi connectivity index (χ2v) is 11.6. The number of para-hydroxylation sites is 1. The van der Waals surface area contributed by atoms with Gasteiger partial charge < -0.3 is 0 Å². The summed E-state index contributed by atoms with van der Waals surface area (Å²) in [4.78, 5) is 5.22. The van der Waals surface area contributed by atoms with Crippen LogP contribution in [0.2, 0.25) is 0 Å². The smallest absolute Gasteiger partial charge is 0.262 e. The quantitative estimate of drug-likeness (QED) is 0.284. The Morgan fingerprint density at radius 1 is 0.806 bits per heavy atom. The zero-order valence-corrected chi connectivity index (χ0v) is 21.5. The first-order valence-corrected chi connectivity index (χ1v) is 14.0. The maximum absolute atomic E-state index is 14.1. The van der Waals surface area contributed by atoms with Crippen LogP contribution in [0.4, 0.5) is 5.69 Å². The topological polar surface area (TPSA) is 49.7 Å². The molecule has 180 valence electrons. The van der Waals surface area contributed by atoms with Gasteiger partial charge in [-0.25, -0.2) is 13.4 Å². The number of nitrogens with zero attached hydrogens (tertiary/aromatic N) is 2. The predicted octanol–water partition coefficient (Wildman–Crippen LogP) is 7.25. The summed E-state index contributed by atoms with van der Waals surface area (Å²) in [5.41, 5.74) is 4.34. The Balaban J connectivity index is 1.70. The number of thioether (sulfide) groups is 1. The van der Waals surface area contributed by atoms with Crippen LogP contribution in [0.15, 0.2) is 131 Å². The summed E-state index contributed by atoms with van der Waals surface area (Å²) in [6, 6.07) is 36.5. The van der Waals surface area contributed by atoms with Gasteiger partial charge in [-0.1, -0.05) is 108 Å². The number of aliphatic imine (C=N–C) groups is 1. The molecule has 1 atom stereocenters. The molecule has 0 radical (unpaired) electrons. The van der Waals surface area contributed by atoms with E-state index in [1.54, 1.807) is 23.9 Å². The Morgan fingerprint density at radius 2 is 1.39 bits per heavy atom. The Labute approximate surface area is 217 Å². The molecule has 0 N–H and O–H groups in total. The molecule has 0 bridgehead atoms. The molecular weight excluding hydrogens is 484 g/mol. The van der Waals surface area contributed by atoms with Crippen molar-refractivity contribution in [1.82, 2.24) is 4.31 Å². The third-order valence-electron chi connectivity index (χ3n) is 5.94. The lowest BCUT2D eigenvalue weighted by molar-refractivity contribution is 0.486. The van der Waals surface area contributed by atoms with E-state index in [4.69, 9.17) is 4.99 Å². The molecule has 1 aliphatic heterocycles. The maximum atomic E-state index is 14.1. The van der Waals surface area contributed by atoms with Crippen molar-refractivity contribution in [2.45, 2.75) is 17.1 Å². The van der Waals surface area contributed by atoms with Crippen LogP contribution in [0.25, 0.3) is 6.08 Å². The van der Waals surface area contributed by atoms with E-state index < -0.39 is 10.0 Å². The van der Waals surface area contributed by atoms with E-state index in [2.05, 4.69) is 0 Å². The van der Waals surface area contributed by atoms with Gasteiger partial charge >= 0.3 is 0 Å². The van der Waals surface area contributed by atoms with Crippen LogP contribution in [0.1, 0.15) is 21.9 Å². The molecule has 4 aromatic carbocycles. The van der Waals surface area contributed by atoms with Crippen molar-refractivity contribution in [3.63, 3.8) is 0 Å². The fourth-order valence-electron chi connectivity index (χ4n) is 4.04. The van der Waals surface area contributed by atoms with Crippen molar-refractivity contribution < 1.29 is 8.42 Å². The Bertz CT molecular complexity index is 1480. The first-order chi connectivity index (χ1) is 17.5. The second kappa shape index (κ2) is 10.6. The van der Waals surface area contributed by atoms with Gasteiger partial charge in [-0.15, -0.1) is 0 Å². The lowest BCUT2D eigenvalue weighted by Crippen LogP contribution is -2.39. The molecule has 5 rings (SSSR count). The van der Waals surface area contributed by atoms with Crippen LogP contribution in [0.3, 0.4) is 0 Å². The molecule has 1 heterocycles. The van der Waals surface area contributed by atoms with Crippen molar-refractivity contribution in [2.75, 3.05) is 6.54 Å². The zero-order valence-electron chi connectivity index (χ0n) is 19.9. The lowest BCUT2D eigenvalue weighted by Gasteiger charge is -2.36. The number of rotatable bonds is 5. The molecule has 1 fully saturated rings. The van der Waals surface area contributed by atoms with Crippen molar-refractivity contribution in [3.8, 4) is 0 Å². The third kappa shape index (κ3) is 5.30. The zero-order chi connectivity index (χ0) is 25.0. The summed E-state index contributed by atoms with van der Waals surface area (Å²) < 4.78 is 29.7. The lowest BCUT2D eigenvalue weighted by atomic mass is 10.1. The fourth-order valence-corrected chi connectivity index (χ4v) is 6.90. The minimum Gasteiger partial charge on any atom is -0.262 e. The summed E-state index contributed by atoms with van der Waals surface area (Å²) in [5, 5.41) is 0.558. The molecule has 0 spiro atoms. The summed E-state index contributed by atoms with van der Waals surface area (Å²) in [6.07, 6.45) is 1.92. The van der Waals surface area contributed by atoms with E-state index in [0.29, 0.717) is 17.3 Å². The molecule has 6 heteroatoms. The molecule has 1 aliphatic rings. The first-order valence-electron chi connectivity index (χ1n) is 11.7. The van der Waals surface area contributed by atoms with Crippen molar-refractivity contribution in [2.24, 2.45) is 4.99 Å². The highest BCUT2D eigenvalue weighted by Gasteiger charge is 2.37. The van der Waals surface area contributed by atoms with Gasteiger partial charge in [0, 0.05) is 0 Å². The van der Waals surface area contributed by atoms with Crippen LogP contribution < -0.4 is 0 Å². The molecule has 0 aromatic heterocycles. The summed E-state index contributed by atoms with van der Waals surface area (Å²) in [5.74, 6) is 0. The molecule has 0 aliphatic carbocycles. The van der Waals surface area contributed by atoms with Gasteiger partial charge in [-0.05, 0) is 48.4 Å². The normalized spacial score (nSPS) is 18.5. The molecule has 4 aromatic rings. The number of aryl methyl sites for hydroxylation is 1. The summed E-state index contributed by atoms with van der Waals surface area (Å²) in [6.45, 7) is 2.25. The number of sulfonamides is 1. The molecular formula is C30H26N2O2S2. The van der Waals surface area contributed by atoms with Crippen LogP contribution in [-0.2, 0) is 10.0 Å². The Hall–Kier alpha value is -3.61. The van der Waals surface area contributed by atoms with E-state index in [1.807, 2.05) is 116 Å². The summed E-state index contributed by atoms with van der Waals surface area (Å²) >= 11 is 1.60. The summed E-state index contributed by atoms with van der Waals surface area (Å²) in [7, 11) is -3.84. The minimum atomic E-state index is -3.84. The molecule has 36 heavy (non-hydrogen) atoms. The van der Waals surface area contributed by atoms with Crippen LogP contribution >= 0.6 is 11.8 Å². The van der Waals surface area contributed by atoms with E-state index >= 15 is 0 Å². The van der Waals surface area contributed by atoms with Crippen molar-refractivity contribution >= 4 is 38.6 Å². The molecule has 0 amide bonds. The second-order valence-electron chi connectivity index (χ2n) is 8.56. The van der Waals surface area contributed by atoms with Crippen LogP contribution in [-0.4, -0.2) is 24.3 Å². The van der Waals surface area contributed by atoms with Gasteiger partial charge in [0.1, 0.15) is 5.04 Å². The van der Waals surface area contributed by atoms with Crippen molar-refractivity contribution in [3.05, 3.63) is 138 Å². The number of benzene rings is 4. The van der Waals surface area contributed by atoms with Gasteiger partial charge in [0.2, 0.25) is 0 Å². The van der Waals surface area contributed by atoms with E-state index in [9.17, 15) is 8.42 Å². The molecule has 0 saturated carbocycles. The predicted molar refractivity (Wildman–Crippen MR) is 150 cm³/mol. The molecule has 1 saturated heterocycles. The van der Waals surface area contributed by atoms with Crippen molar-refractivity contribution in [1.29, 1.82) is 0 Å². The standard InChI is InChI=1S/C30H26N2O2S2/c1-23-17-19-27(20-18-23)36(33,34)32-22-29(25-13-7-3-8-14-25)35-30(31-26-15-9-4-10-16-26)28(32)21-24-11-5-2-6-12-24/h2-21,29H,22H2,1H3/b28-21-,31-30?. The number of hydrogen-bond donors (Lipinski definition) is 0. The highest BCUT2D eigenvalue weighted by molar-refractivity contribution is 8.14. The average molecular weight is 511 g/mol. The highest BCUT2D eigenvalue weighted by Crippen LogP contribution is 2.43. The van der Waals surface area contributed by atoms with Crippen LogP contribution in [0.5, 0.6) is 0 Å². The first kappa shape index (κ1) is 24.1. The fraction of sp³-hybridized carbons (Fsp3) is 0.100. The van der Waals surface area contributed by atoms with E-state index in [0.717, 1.165) is 22.4 Å². The molecule has 4 nitrogen and oxygen atoms in total. The average Bonchev–Trinajstić information content (AvgIpc) is 2.91. The van der Waals surface area contributed by atoms with Crippen LogP contribution in [0, 0.1) is 6.92 Å². The van der Waals surface area contributed by atoms with Gasteiger partial charge in [-0.3, -0.25) is 4.31 Å². The van der Waals surface area contributed by atoms with E-state index in [1.165, 1.54) is 4.31 Å². The van der Waals surface area contributed by atoms with Gasteiger partial charge in [0.25, 0.3) is 10.0 Å².